The summed E-state index contributed by atoms with van der Waals surface area (Å²) in [7, 11) is 3.41. The van der Waals surface area contributed by atoms with Crippen LogP contribution in [-0.4, -0.2) is 46.6 Å². The lowest BCUT2D eigenvalue weighted by Crippen LogP contribution is -2.32. The van der Waals surface area contributed by atoms with Crippen molar-refractivity contribution in [2.24, 2.45) is 11.7 Å². The molecule has 0 fully saturated rings. The second-order valence-electron chi connectivity index (χ2n) is 4.34. The number of nitrogens with one attached hydrogen (secondary N) is 1. The van der Waals surface area contributed by atoms with Crippen molar-refractivity contribution in [3.8, 4) is 0 Å². The molecule has 16 heavy (non-hydrogen) atoms. The number of nitrogens with two attached hydrogens (primary N) is 1. The van der Waals surface area contributed by atoms with Crippen LogP contribution in [0, 0.1) is 5.92 Å². The summed E-state index contributed by atoms with van der Waals surface area (Å²) in [5, 5.41) is 3.38. The molecule has 0 aliphatic carbocycles. The summed E-state index contributed by atoms with van der Waals surface area (Å²) >= 11 is 0. The van der Waals surface area contributed by atoms with Crippen molar-refractivity contribution < 1.29 is 9.47 Å². The Bertz CT molecular complexity index is 145. The smallest absolute Gasteiger partial charge is 0.0928 e. The highest BCUT2D eigenvalue weighted by Gasteiger charge is 2.05. The van der Waals surface area contributed by atoms with Gasteiger partial charge >= 0.3 is 0 Å². The molecule has 0 spiro atoms. The van der Waals surface area contributed by atoms with E-state index < -0.39 is 0 Å². The molecule has 0 heterocycles. The van der Waals surface area contributed by atoms with Gasteiger partial charge in [-0.05, 0) is 38.3 Å². The van der Waals surface area contributed by atoms with Gasteiger partial charge in [-0.3, -0.25) is 0 Å². The highest BCUT2D eigenvalue weighted by molar-refractivity contribution is 4.61. The average Bonchev–Trinajstić information content (AvgIpc) is 2.27. The van der Waals surface area contributed by atoms with Crippen LogP contribution in [0.5, 0.6) is 0 Å². The molecule has 2 unspecified atom stereocenters. The van der Waals surface area contributed by atoms with Gasteiger partial charge in [-0.2, -0.15) is 0 Å². The van der Waals surface area contributed by atoms with Crippen molar-refractivity contribution in [1.82, 2.24) is 5.32 Å². The summed E-state index contributed by atoms with van der Waals surface area (Å²) in [5.41, 5.74) is 5.50. The van der Waals surface area contributed by atoms with Crippen LogP contribution in [0.3, 0.4) is 0 Å². The van der Waals surface area contributed by atoms with E-state index in [1.54, 1.807) is 14.2 Å². The molecule has 98 valence electrons. The topological polar surface area (TPSA) is 56.5 Å². The number of methoxy groups -OCH3 is 2. The van der Waals surface area contributed by atoms with Crippen molar-refractivity contribution >= 4 is 0 Å². The molecule has 4 heteroatoms. The van der Waals surface area contributed by atoms with Crippen LogP contribution in [0.4, 0.5) is 0 Å². The SMILES string of the molecule is COCC(CNCCCC(C)CCN)OC. The Balaban J connectivity index is 3.31. The van der Waals surface area contributed by atoms with Crippen LogP contribution in [-0.2, 0) is 9.47 Å². The van der Waals surface area contributed by atoms with Gasteiger partial charge < -0.3 is 20.5 Å². The molecular weight excluding hydrogens is 204 g/mol. The van der Waals surface area contributed by atoms with Crippen LogP contribution in [0.15, 0.2) is 0 Å². The van der Waals surface area contributed by atoms with Gasteiger partial charge in [0.2, 0.25) is 0 Å². The maximum absolute atomic E-state index is 5.50. The zero-order chi connectivity index (χ0) is 12.2. The molecule has 0 aliphatic heterocycles. The van der Waals surface area contributed by atoms with Gasteiger partial charge in [0.05, 0.1) is 12.7 Å². The molecule has 0 amide bonds. The minimum Gasteiger partial charge on any atom is -0.382 e. The molecule has 3 N–H and O–H groups in total. The largest absolute Gasteiger partial charge is 0.382 e. The zero-order valence-corrected chi connectivity index (χ0v) is 11.0. The fraction of sp³-hybridized carbons (Fsp3) is 1.00. The standard InChI is InChI=1S/C12H28N2O2/c1-11(6-7-13)5-4-8-14-9-12(16-3)10-15-2/h11-12,14H,4-10,13H2,1-3H3. The van der Waals surface area contributed by atoms with Crippen molar-refractivity contribution in [2.45, 2.75) is 32.3 Å². The first-order chi connectivity index (χ1) is 7.74. The summed E-state index contributed by atoms with van der Waals surface area (Å²) in [5.74, 6) is 0.740. The van der Waals surface area contributed by atoms with Crippen LogP contribution in [0.25, 0.3) is 0 Å². The lowest BCUT2D eigenvalue weighted by molar-refractivity contribution is 0.0290. The molecule has 4 nitrogen and oxygen atoms in total. The van der Waals surface area contributed by atoms with E-state index in [9.17, 15) is 0 Å². The normalized spacial score (nSPS) is 15.0. The molecule has 0 aliphatic rings. The van der Waals surface area contributed by atoms with Crippen molar-refractivity contribution in [3.05, 3.63) is 0 Å². The molecular formula is C12H28N2O2. The van der Waals surface area contributed by atoms with Gasteiger partial charge in [0, 0.05) is 20.8 Å². The summed E-state index contributed by atoms with van der Waals surface area (Å²) < 4.78 is 10.3. The molecule has 0 aromatic rings. The minimum absolute atomic E-state index is 0.159. The number of hydrogen-bond donors (Lipinski definition) is 2. The second kappa shape index (κ2) is 11.3. The average molecular weight is 232 g/mol. The molecule has 0 radical (unpaired) electrons. The van der Waals surface area contributed by atoms with Crippen LogP contribution in [0.1, 0.15) is 26.2 Å². The van der Waals surface area contributed by atoms with E-state index in [0.29, 0.717) is 6.61 Å². The van der Waals surface area contributed by atoms with E-state index in [1.165, 1.54) is 12.8 Å². The third-order valence-corrected chi connectivity index (χ3v) is 2.77. The van der Waals surface area contributed by atoms with E-state index in [1.807, 2.05) is 0 Å². The summed E-state index contributed by atoms with van der Waals surface area (Å²) in [6.07, 6.45) is 3.73. The molecule has 0 saturated carbocycles. The van der Waals surface area contributed by atoms with E-state index in [0.717, 1.165) is 32.0 Å². The molecule has 0 aromatic carbocycles. The predicted octanol–water partition coefficient (Wildman–Crippen LogP) is 1.00. The second-order valence-corrected chi connectivity index (χ2v) is 4.34. The highest BCUT2D eigenvalue weighted by atomic mass is 16.5. The maximum Gasteiger partial charge on any atom is 0.0928 e. The fourth-order valence-electron chi connectivity index (χ4n) is 1.66. The van der Waals surface area contributed by atoms with Gasteiger partial charge in [-0.1, -0.05) is 6.92 Å². The Morgan fingerprint density at radius 3 is 2.56 bits per heavy atom. The number of rotatable bonds is 11. The van der Waals surface area contributed by atoms with Gasteiger partial charge in [-0.25, -0.2) is 0 Å². The first-order valence-corrected chi connectivity index (χ1v) is 6.17. The van der Waals surface area contributed by atoms with Crippen molar-refractivity contribution in [1.29, 1.82) is 0 Å². The maximum atomic E-state index is 5.50. The summed E-state index contributed by atoms with van der Waals surface area (Å²) in [4.78, 5) is 0. The Hall–Kier alpha value is -0.160. The van der Waals surface area contributed by atoms with E-state index >= 15 is 0 Å². The van der Waals surface area contributed by atoms with Crippen LogP contribution < -0.4 is 11.1 Å². The Kier molecular flexibility index (Phi) is 11.2. The lowest BCUT2D eigenvalue weighted by atomic mass is 10.0. The third kappa shape index (κ3) is 9.09. The van der Waals surface area contributed by atoms with Crippen LogP contribution in [0.2, 0.25) is 0 Å². The predicted molar refractivity (Wildman–Crippen MR) is 67.6 cm³/mol. The quantitative estimate of drug-likeness (QED) is 0.522. The monoisotopic (exact) mass is 232 g/mol. The van der Waals surface area contributed by atoms with Gasteiger partial charge in [-0.15, -0.1) is 0 Å². The Morgan fingerprint density at radius 2 is 2.00 bits per heavy atom. The first kappa shape index (κ1) is 15.8. The van der Waals surface area contributed by atoms with E-state index in [4.69, 9.17) is 15.2 Å². The van der Waals surface area contributed by atoms with Crippen molar-refractivity contribution in [2.75, 3.05) is 40.5 Å². The van der Waals surface area contributed by atoms with Gasteiger partial charge in [0.25, 0.3) is 0 Å². The number of hydrogen-bond acceptors (Lipinski definition) is 4. The van der Waals surface area contributed by atoms with E-state index in [2.05, 4.69) is 12.2 Å². The van der Waals surface area contributed by atoms with Crippen molar-refractivity contribution in [3.63, 3.8) is 0 Å². The summed E-state index contributed by atoms with van der Waals surface area (Å²) in [6, 6.07) is 0. The molecule has 2 atom stereocenters. The summed E-state index contributed by atoms with van der Waals surface area (Å²) in [6.45, 7) is 5.60. The minimum atomic E-state index is 0.159. The molecule has 0 rings (SSSR count). The Morgan fingerprint density at radius 1 is 1.25 bits per heavy atom. The lowest BCUT2D eigenvalue weighted by Gasteiger charge is -2.15. The fourth-order valence-corrected chi connectivity index (χ4v) is 1.66. The molecule has 0 bridgehead atoms. The molecule has 0 saturated heterocycles. The highest BCUT2D eigenvalue weighted by Crippen LogP contribution is 2.07. The van der Waals surface area contributed by atoms with Gasteiger partial charge in [0.15, 0.2) is 0 Å². The zero-order valence-electron chi connectivity index (χ0n) is 11.0. The Labute approximate surface area is 99.9 Å². The van der Waals surface area contributed by atoms with Crippen LogP contribution >= 0.6 is 0 Å². The van der Waals surface area contributed by atoms with Gasteiger partial charge in [0.1, 0.15) is 0 Å². The molecule has 0 aromatic heterocycles. The van der Waals surface area contributed by atoms with E-state index in [-0.39, 0.29) is 6.10 Å². The third-order valence-electron chi connectivity index (χ3n) is 2.77. The first-order valence-electron chi connectivity index (χ1n) is 6.17. The number of ether oxygens (including phenoxy) is 2.